The fourth-order valence-electron chi connectivity index (χ4n) is 2.67. The van der Waals surface area contributed by atoms with Crippen LogP contribution in [0.4, 0.5) is 0 Å². The van der Waals surface area contributed by atoms with E-state index < -0.39 is 0 Å². The number of hydrogen-bond acceptors (Lipinski definition) is 2. The van der Waals surface area contributed by atoms with E-state index in [0.717, 1.165) is 6.54 Å². The highest BCUT2D eigenvalue weighted by Gasteiger charge is 2.10. The first-order valence-corrected chi connectivity index (χ1v) is 9.91. The Bertz CT molecular complexity index is 347. The van der Waals surface area contributed by atoms with E-state index in [-0.39, 0.29) is 0 Å². The Balaban J connectivity index is 2.42. The second-order valence-electron chi connectivity index (χ2n) is 5.84. The maximum absolute atomic E-state index is 3.72. The summed E-state index contributed by atoms with van der Waals surface area (Å²) in [6.07, 6.45) is 12.9. The molecule has 0 saturated heterocycles. The molecule has 0 heterocycles. The van der Waals surface area contributed by atoms with Crippen molar-refractivity contribution in [3.05, 3.63) is 29.8 Å². The van der Waals surface area contributed by atoms with Gasteiger partial charge in [0, 0.05) is 10.9 Å². The van der Waals surface area contributed by atoms with Gasteiger partial charge in [0.1, 0.15) is 0 Å². The van der Waals surface area contributed by atoms with Gasteiger partial charge in [0.25, 0.3) is 0 Å². The van der Waals surface area contributed by atoms with E-state index in [1.807, 2.05) is 11.8 Å². The average molecular weight is 308 g/mol. The fourth-order valence-corrected chi connectivity index (χ4v) is 3.08. The minimum absolute atomic E-state index is 0.534. The first-order valence-electron chi connectivity index (χ1n) is 8.69. The van der Waals surface area contributed by atoms with Crippen LogP contribution in [-0.2, 0) is 0 Å². The van der Waals surface area contributed by atoms with Crippen LogP contribution in [0.25, 0.3) is 0 Å². The number of benzene rings is 1. The molecule has 0 aliphatic heterocycles. The van der Waals surface area contributed by atoms with Crippen molar-refractivity contribution in [3.63, 3.8) is 0 Å². The number of hydrogen-bond donors (Lipinski definition) is 1. The van der Waals surface area contributed by atoms with Gasteiger partial charge in [-0.05, 0) is 43.3 Å². The van der Waals surface area contributed by atoms with E-state index >= 15 is 0 Å². The Morgan fingerprint density at radius 2 is 1.57 bits per heavy atom. The zero-order valence-corrected chi connectivity index (χ0v) is 15.0. The third kappa shape index (κ3) is 7.92. The molecule has 0 aromatic heterocycles. The molecule has 1 nitrogen and oxygen atoms in total. The molecule has 0 radical (unpaired) electrons. The molecule has 0 aliphatic carbocycles. The van der Waals surface area contributed by atoms with Crippen molar-refractivity contribution in [2.75, 3.05) is 12.8 Å². The van der Waals surface area contributed by atoms with E-state index in [1.54, 1.807) is 0 Å². The molecule has 2 heteroatoms. The van der Waals surface area contributed by atoms with E-state index in [2.05, 4.69) is 49.7 Å². The van der Waals surface area contributed by atoms with Crippen molar-refractivity contribution in [3.8, 4) is 0 Å². The summed E-state index contributed by atoms with van der Waals surface area (Å²) >= 11 is 1.82. The highest BCUT2D eigenvalue weighted by atomic mass is 32.2. The smallest absolute Gasteiger partial charge is 0.0320 e. The topological polar surface area (TPSA) is 12.0 Å². The van der Waals surface area contributed by atoms with Gasteiger partial charge in [0.15, 0.2) is 0 Å². The molecule has 1 aromatic carbocycles. The van der Waals surface area contributed by atoms with E-state index in [0.29, 0.717) is 6.04 Å². The van der Waals surface area contributed by atoms with Crippen LogP contribution in [-0.4, -0.2) is 12.8 Å². The normalized spacial score (nSPS) is 12.5. The van der Waals surface area contributed by atoms with Gasteiger partial charge in [-0.1, -0.05) is 64.5 Å². The van der Waals surface area contributed by atoms with Crippen molar-refractivity contribution in [2.24, 2.45) is 0 Å². The van der Waals surface area contributed by atoms with Crippen LogP contribution < -0.4 is 5.32 Å². The Kier molecular flexibility index (Phi) is 10.7. The SMILES string of the molecule is CCCCCCCCC(NCCC)c1ccc(SC)cc1. The molecule has 0 saturated carbocycles. The second-order valence-corrected chi connectivity index (χ2v) is 6.72. The Morgan fingerprint density at radius 3 is 2.19 bits per heavy atom. The molecule has 120 valence electrons. The van der Waals surface area contributed by atoms with Crippen LogP contribution >= 0.6 is 11.8 Å². The lowest BCUT2D eigenvalue weighted by Crippen LogP contribution is -2.22. The van der Waals surface area contributed by atoms with Gasteiger partial charge < -0.3 is 5.32 Å². The van der Waals surface area contributed by atoms with Crippen molar-refractivity contribution >= 4 is 11.8 Å². The summed E-state index contributed by atoms with van der Waals surface area (Å²) in [5.41, 5.74) is 1.45. The standard InChI is InChI=1S/C19H33NS/c1-4-6-7-8-9-10-11-19(20-16-5-2)17-12-14-18(21-3)15-13-17/h12-15,19-20H,4-11,16H2,1-3H3. The largest absolute Gasteiger partial charge is 0.310 e. The first-order chi connectivity index (χ1) is 10.3. The van der Waals surface area contributed by atoms with Gasteiger partial charge in [0.05, 0.1) is 0 Å². The van der Waals surface area contributed by atoms with Crippen LogP contribution in [0.15, 0.2) is 29.2 Å². The lowest BCUT2D eigenvalue weighted by Gasteiger charge is -2.19. The molecule has 1 unspecified atom stereocenters. The van der Waals surface area contributed by atoms with E-state index in [1.165, 1.54) is 61.8 Å². The number of unbranched alkanes of at least 4 members (excludes halogenated alkanes) is 5. The Morgan fingerprint density at radius 1 is 0.905 bits per heavy atom. The molecular weight excluding hydrogens is 274 g/mol. The minimum atomic E-state index is 0.534. The second kappa shape index (κ2) is 12.1. The molecule has 0 spiro atoms. The van der Waals surface area contributed by atoms with Crippen LogP contribution in [0.3, 0.4) is 0 Å². The zero-order chi connectivity index (χ0) is 15.3. The fraction of sp³-hybridized carbons (Fsp3) is 0.684. The Labute approximate surface area is 136 Å². The molecule has 0 bridgehead atoms. The molecule has 1 N–H and O–H groups in total. The maximum atomic E-state index is 3.72. The van der Waals surface area contributed by atoms with Crippen LogP contribution in [0.1, 0.15) is 76.8 Å². The summed E-state index contributed by atoms with van der Waals surface area (Å²) in [5.74, 6) is 0. The first kappa shape index (κ1) is 18.6. The molecule has 1 atom stereocenters. The monoisotopic (exact) mass is 307 g/mol. The molecular formula is C19H33NS. The lowest BCUT2D eigenvalue weighted by atomic mass is 9.99. The summed E-state index contributed by atoms with van der Waals surface area (Å²) < 4.78 is 0. The molecule has 1 aromatic rings. The van der Waals surface area contributed by atoms with Crippen LogP contribution in [0, 0.1) is 0 Å². The predicted octanol–water partition coefficient (Wildman–Crippen LogP) is 6.20. The highest BCUT2D eigenvalue weighted by Crippen LogP contribution is 2.23. The molecule has 0 aliphatic rings. The Hall–Kier alpha value is -0.470. The van der Waals surface area contributed by atoms with Gasteiger partial charge in [-0.15, -0.1) is 11.8 Å². The minimum Gasteiger partial charge on any atom is -0.310 e. The van der Waals surface area contributed by atoms with Crippen molar-refractivity contribution in [1.29, 1.82) is 0 Å². The summed E-state index contributed by atoms with van der Waals surface area (Å²) in [7, 11) is 0. The molecule has 0 amide bonds. The van der Waals surface area contributed by atoms with Crippen molar-refractivity contribution < 1.29 is 0 Å². The zero-order valence-electron chi connectivity index (χ0n) is 14.2. The van der Waals surface area contributed by atoms with Gasteiger partial charge >= 0.3 is 0 Å². The summed E-state index contributed by atoms with van der Waals surface area (Å²) in [6, 6.07) is 9.64. The van der Waals surface area contributed by atoms with Gasteiger partial charge in [-0.2, -0.15) is 0 Å². The molecule has 0 fully saturated rings. The predicted molar refractivity (Wildman–Crippen MR) is 97.3 cm³/mol. The van der Waals surface area contributed by atoms with Gasteiger partial charge in [0.2, 0.25) is 0 Å². The summed E-state index contributed by atoms with van der Waals surface area (Å²) in [4.78, 5) is 1.35. The van der Waals surface area contributed by atoms with Gasteiger partial charge in [-0.3, -0.25) is 0 Å². The number of rotatable bonds is 12. The average Bonchev–Trinajstić information content (AvgIpc) is 2.53. The third-order valence-electron chi connectivity index (χ3n) is 4.01. The highest BCUT2D eigenvalue weighted by molar-refractivity contribution is 7.98. The maximum Gasteiger partial charge on any atom is 0.0320 e. The lowest BCUT2D eigenvalue weighted by molar-refractivity contribution is 0.466. The molecule has 1 rings (SSSR count). The van der Waals surface area contributed by atoms with E-state index in [9.17, 15) is 0 Å². The van der Waals surface area contributed by atoms with Crippen molar-refractivity contribution in [1.82, 2.24) is 5.32 Å². The quantitative estimate of drug-likeness (QED) is 0.364. The summed E-state index contributed by atoms with van der Waals surface area (Å²) in [6.45, 7) is 5.64. The van der Waals surface area contributed by atoms with Crippen molar-refractivity contribution in [2.45, 2.75) is 76.2 Å². The number of thioether (sulfide) groups is 1. The van der Waals surface area contributed by atoms with Gasteiger partial charge in [-0.25, -0.2) is 0 Å². The summed E-state index contributed by atoms with van der Waals surface area (Å²) in [5, 5.41) is 3.72. The third-order valence-corrected chi connectivity index (χ3v) is 4.75. The van der Waals surface area contributed by atoms with Crippen LogP contribution in [0.2, 0.25) is 0 Å². The van der Waals surface area contributed by atoms with E-state index in [4.69, 9.17) is 0 Å². The molecule has 21 heavy (non-hydrogen) atoms. The van der Waals surface area contributed by atoms with Crippen LogP contribution in [0.5, 0.6) is 0 Å². The number of nitrogens with one attached hydrogen (secondary N) is 1.